The molecule has 0 aliphatic carbocycles. The van der Waals surface area contributed by atoms with Crippen LogP contribution in [0, 0.1) is 0 Å². The minimum atomic E-state index is -0.805. The van der Waals surface area contributed by atoms with Gasteiger partial charge >= 0.3 is 17.9 Å². The average molecular weight is 1040 g/mol. The molecule has 0 aliphatic heterocycles. The monoisotopic (exact) mass is 1040 g/mol. The first-order valence-electron chi connectivity index (χ1n) is 31.7. The van der Waals surface area contributed by atoms with Crippen LogP contribution in [0.15, 0.2) is 97.2 Å². The first-order chi connectivity index (χ1) is 37.0. The van der Waals surface area contributed by atoms with Gasteiger partial charge in [0.1, 0.15) is 13.2 Å². The number of esters is 3. The van der Waals surface area contributed by atoms with E-state index < -0.39 is 6.10 Å². The van der Waals surface area contributed by atoms with Gasteiger partial charge < -0.3 is 14.2 Å². The Bertz CT molecular complexity index is 1480. The summed E-state index contributed by atoms with van der Waals surface area (Å²) < 4.78 is 16.9. The molecule has 1 atom stereocenters. The fraction of sp³-hybridized carbons (Fsp3) is 0.725. The van der Waals surface area contributed by atoms with E-state index >= 15 is 0 Å². The molecule has 0 aliphatic rings. The van der Waals surface area contributed by atoms with Gasteiger partial charge in [-0.05, 0) is 116 Å². The lowest BCUT2D eigenvalue weighted by Crippen LogP contribution is -2.30. The molecule has 0 rings (SSSR count). The number of hydrogen-bond acceptors (Lipinski definition) is 6. The Morgan fingerprint density at radius 3 is 0.880 bits per heavy atom. The maximum atomic E-state index is 12.9. The Morgan fingerprint density at radius 1 is 0.280 bits per heavy atom. The Hall–Kier alpha value is -3.67. The standard InChI is InChI=1S/C69H118O6/c1-4-7-10-13-16-19-22-25-28-31-33-34-36-38-41-44-47-50-53-56-59-62-68(71)74-65-66(64-73-67(70)61-58-55-52-49-46-43-40-37-30-27-24-21-18-15-12-9-6-3)75-69(72)63-60-57-54-51-48-45-42-39-35-32-29-26-23-20-17-14-11-8-5-2/h9,12,18,21-22,25-27,29-31,33,40,43,49,52,66H,4-8,10-11,13-17,19-20,23-24,28,32,34-39,41-42,44-48,50-51,53-65H2,1-3H3/b12-9-,21-18-,25-22-,29-26-,30-27-,33-31-,43-40-,52-49-. The highest BCUT2D eigenvalue weighted by Crippen LogP contribution is 2.16. The van der Waals surface area contributed by atoms with Gasteiger partial charge in [0.2, 0.25) is 0 Å². The van der Waals surface area contributed by atoms with Crippen molar-refractivity contribution < 1.29 is 28.6 Å². The summed E-state index contributed by atoms with van der Waals surface area (Å²) in [4.78, 5) is 38.3. The highest BCUT2D eigenvalue weighted by molar-refractivity contribution is 5.71. The molecule has 0 N–H and O–H groups in total. The van der Waals surface area contributed by atoms with Crippen molar-refractivity contribution in [1.29, 1.82) is 0 Å². The fourth-order valence-corrected chi connectivity index (χ4v) is 8.80. The summed E-state index contributed by atoms with van der Waals surface area (Å²) >= 11 is 0. The highest BCUT2D eigenvalue weighted by atomic mass is 16.6. The van der Waals surface area contributed by atoms with Gasteiger partial charge in [0.25, 0.3) is 0 Å². The van der Waals surface area contributed by atoms with Crippen molar-refractivity contribution in [2.45, 2.75) is 309 Å². The van der Waals surface area contributed by atoms with Gasteiger partial charge in [0.15, 0.2) is 6.10 Å². The van der Waals surface area contributed by atoms with Crippen LogP contribution in [0.2, 0.25) is 0 Å². The molecule has 1 unspecified atom stereocenters. The topological polar surface area (TPSA) is 78.9 Å². The van der Waals surface area contributed by atoms with Gasteiger partial charge in [-0.2, -0.15) is 0 Å². The summed E-state index contributed by atoms with van der Waals surface area (Å²) in [5.41, 5.74) is 0. The van der Waals surface area contributed by atoms with Crippen molar-refractivity contribution in [2.24, 2.45) is 0 Å². The lowest BCUT2D eigenvalue weighted by Gasteiger charge is -2.18. The van der Waals surface area contributed by atoms with Gasteiger partial charge in [-0.25, -0.2) is 0 Å². The van der Waals surface area contributed by atoms with Gasteiger partial charge in [0, 0.05) is 19.3 Å². The maximum Gasteiger partial charge on any atom is 0.306 e. The van der Waals surface area contributed by atoms with E-state index in [1.165, 1.54) is 173 Å². The van der Waals surface area contributed by atoms with Crippen LogP contribution < -0.4 is 0 Å². The van der Waals surface area contributed by atoms with E-state index in [-0.39, 0.29) is 37.5 Å². The number of ether oxygens (including phenoxy) is 3. The molecule has 0 saturated carbocycles. The maximum absolute atomic E-state index is 12.9. The molecular formula is C69H118O6. The predicted molar refractivity (Wildman–Crippen MR) is 325 cm³/mol. The van der Waals surface area contributed by atoms with Gasteiger partial charge in [-0.15, -0.1) is 0 Å². The van der Waals surface area contributed by atoms with Crippen LogP contribution in [0.1, 0.15) is 303 Å². The molecule has 75 heavy (non-hydrogen) atoms. The van der Waals surface area contributed by atoms with Crippen molar-refractivity contribution in [3.8, 4) is 0 Å². The third-order valence-corrected chi connectivity index (χ3v) is 13.5. The molecule has 430 valence electrons. The molecule has 0 aromatic rings. The van der Waals surface area contributed by atoms with Gasteiger partial charge in [-0.3, -0.25) is 14.4 Å². The molecule has 0 fully saturated rings. The SMILES string of the molecule is CC/C=C\C/C=C\C/C=C\C/C=C\C/C=C\CCCC(=O)OCC(COC(=O)CCCCCCCCCCC/C=C\C/C=C\CCCCCCC)OC(=O)CCCCCCCCCCC/C=C\CCCCCCCC. The minimum Gasteiger partial charge on any atom is -0.462 e. The molecule has 0 amide bonds. The summed E-state index contributed by atoms with van der Waals surface area (Å²) in [5.74, 6) is -0.955. The van der Waals surface area contributed by atoms with E-state index in [9.17, 15) is 14.4 Å². The number of rotatable bonds is 57. The molecule has 6 nitrogen and oxygen atoms in total. The summed E-state index contributed by atoms with van der Waals surface area (Å²) in [7, 11) is 0. The summed E-state index contributed by atoms with van der Waals surface area (Å²) in [6, 6.07) is 0. The van der Waals surface area contributed by atoms with Crippen molar-refractivity contribution in [3.05, 3.63) is 97.2 Å². The van der Waals surface area contributed by atoms with E-state index in [2.05, 4.69) is 118 Å². The number of allylic oxidation sites excluding steroid dienone is 16. The zero-order valence-electron chi connectivity index (χ0n) is 49.3. The number of unbranched alkanes of at least 4 members (excludes halogenated alkanes) is 30. The zero-order chi connectivity index (χ0) is 54.3. The molecule has 0 saturated heterocycles. The number of carbonyl (C=O) groups excluding carboxylic acids is 3. The predicted octanol–water partition coefficient (Wildman–Crippen LogP) is 21.7. The number of carbonyl (C=O) groups is 3. The van der Waals surface area contributed by atoms with Crippen LogP contribution in [0.5, 0.6) is 0 Å². The molecule has 0 heterocycles. The van der Waals surface area contributed by atoms with Crippen molar-refractivity contribution in [3.63, 3.8) is 0 Å². The molecule has 0 aromatic heterocycles. The average Bonchev–Trinajstić information content (AvgIpc) is 3.41. The van der Waals surface area contributed by atoms with E-state index in [1.807, 2.05) is 0 Å². The molecule has 0 radical (unpaired) electrons. The zero-order valence-corrected chi connectivity index (χ0v) is 49.3. The van der Waals surface area contributed by atoms with Crippen molar-refractivity contribution in [1.82, 2.24) is 0 Å². The quantitative estimate of drug-likeness (QED) is 0.0261. The third kappa shape index (κ3) is 61.1. The molecule has 0 spiro atoms. The summed E-state index contributed by atoms with van der Waals surface area (Å²) in [6.45, 7) is 6.49. The largest absolute Gasteiger partial charge is 0.462 e. The van der Waals surface area contributed by atoms with E-state index in [1.54, 1.807) is 0 Å². The number of hydrogen-bond donors (Lipinski definition) is 0. The van der Waals surface area contributed by atoms with Crippen LogP contribution in [0.4, 0.5) is 0 Å². The first kappa shape index (κ1) is 71.3. The normalized spacial score (nSPS) is 12.7. The second-order valence-corrected chi connectivity index (χ2v) is 20.9. The van der Waals surface area contributed by atoms with Crippen molar-refractivity contribution in [2.75, 3.05) is 13.2 Å². The molecule has 6 heteroatoms. The minimum absolute atomic E-state index is 0.0978. The fourth-order valence-electron chi connectivity index (χ4n) is 8.80. The van der Waals surface area contributed by atoms with Gasteiger partial charge in [0.05, 0.1) is 0 Å². The lowest BCUT2D eigenvalue weighted by molar-refractivity contribution is -0.167. The van der Waals surface area contributed by atoms with Crippen LogP contribution in [0.25, 0.3) is 0 Å². The first-order valence-corrected chi connectivity index (χ1v) is 31.7. The van der Waals surface area contributed by atoms with E-state index in [0.29, 0.717) is 19.3 Å². The second-order valence-electron chi connectivity index (χ2n) is 20.9. The Kier molecular flexibility index (Phi) is 59.8. The summed E-state index contributed by atoms with van der Waals surface area (Å²) in [5, 5.41) is 0. The third-order valence-electron chi connectivity index (χ3n) is 13.5. The molecule has 0 aromatic carbocycles. The Morgan fingerprint density at radius 2 is 0.533 bits per heavy atom. The van der Waals surface area contributed by atoms with E-state index in [4.69, 9.17) is 14.2 Å². The highest BCUT2D eigenvalue weighted by Gasteiger charge is 2.19. The Balaban J connectivity index is 4.45. The van der Waals surface area contributed by atoms with E-state index in [0.717, 1.165) is 83.5 Å². The van der Waals surface area contributed by atoms with Crippen LogP contribution in [-0.2, 0) is 28.6 Å². The van der Waals surface area contributed by atoms with Crippen LogP contribution in [0.3, 0.4) is 0 Å². The lowest BCUT2D eigenvalue weighted by atomic mass is 10.1. The second kappa shape index (κ2) is 62.9. The van der Waals surface area contributed by atoms with Crippen LogP contribution in [-0.4, -0.2) is 37.2 Å². The van der Waals surface area contributed by atoms with Gasteiger partial charge in [-0.1, -0.05) is 266 Å². The Labute approximate surface area is 464 Å². The molecule has 0 bridgehead atoms. The smallest absolute Gasteiger partial charge is 0.306 e. The summed E-state index contributed by atoms with van der Waals surface area (Å²) in [6.07, 6.45) is 84.1. The van der Waals surface area contributed by atoms with Crippen LogP contribution >= 0.6 is 0 Å². The van der Waals surface area contributed by atoms with Crippen molar-refractivity contribution >= 4 is 17.9 Å². The molecular weight excluding hydrogens is 925 g/mol.